The lowest BCUT2D eigenvalue weighted by molar-refractivity contribution is -0.274. The van der Waals surface area contributed by atoms with Crippen LogP contribution in [-0.2, 0) is 23.1 Å². The third kappa shape index (κ3) is 6.73. The number of carbonyl (C=O) groups is 2. The second kappa shape index (κ2) is 10.8. The minimum Gasteiger partial charge on any atom is -0.406 e. The number of benzene rings is 1. The third-order valence-electron chi connectivity index (χ3n) is 7.73. The maximum atomic E-state index is 13.4. The summed E-state index contributed by atoms with van der Waals surface area (Å²) in [5.74, 6) is 0.534. The number of likely N-dealkylation sites (tertiary alicyclic amines) is 1. The summed E-state index contributed by atoms with van der Waals surface area (Å²) in [5.41, 5.74) is 0.820. The van der Waals surface area contributed by atoms with E-state index in [1.54, 1.807) is 35.1 Å². The van der Waals surface area contributed by atoms with Crippen LogP contribution in [0.3, 0.4) is 0 Å². The summed E-state index contributed by atoms with van der Waals surface area (Å²) in [5, 5.41) is 0. The third-order valence-corrected chi connectivity index (χ3v) is 7.73. The molecule has 2 aromatic rings. The van der Waals surface area contributed by atoms with Crippen molar-refractivity contribution >= 4 is 11.8 Å². The van der Waals surface area contributed by atoms with Crippen LogP contribution < -0.4 is 4.74 Å². The molecular weight excluding hydrogens is 515 g/mol. The molecule has 12 heteroatoms. The number of alkyl halides is 3. The highest BCUT2D eigenvalue weighted by molar-refractivity contribution is 5.92. The van der Waals surface area contributed by atoms with Gasteiger partial charge in [0, 0.05) is 52.5 Å². The lowest BCUT2D eigenvalue weighted by atomic mass is 10.1. The first kappa shape index (κ1) is 27.4. The predicted molar refractivity (Wildman–Crippen MR) is 135 cm³/mol. The summed E-state index contributed by atoms with van der Waals surface area (Å²) in [6, 6.07) is 5.70. The Morgan fingerprint density at radius 3 is 2.44 bits per heavy atom. The monoisotopic (exact) mass is 549 g/mol. The molecule has 0 N–H and O–H groups in total. The summed E-state index contributed by atoms with van der Waals surface area (Å²) >= 11 is 0. The molecule has 1 aromatic heterocycles. The second-order valence-corrected chi connectivity index (χ2v) is 11.0. The predicted octanol–water partition coefficient (Wildman–Crippen LogP) is 2.77. The molecule has 3 aliphatic rings. The SMILES string of the molecule is CC1CN(C(=O)CN2CC3C(C2)C3CN(Cc2cccc(OC(F)(F)F)c2)C(=O)c2cn(C)cn2)CC(C)O1. The van der Waals surface area contributed by atoms with Crippen molar-refractivity contribution in [3.05, 3.63) is 48.0 Å². The van der Waals surface area contributed by atoms with Crippen LogP contribution in [0.25, 0.3) is 0 Å². The van der Waals surface area contributed by atoms with Crippen LogP contribution in [0.5, 0.6) is 5.75 Å². The number of ether oxygens (including phenoxy) is 2. The van der Waals surface area contributed by atoms with Gasteiger partial charge in [0.05, 0.1) is 25.1 Å². The van der Waals surface area contributed by atoms with Crippen LogP contribution in [0.1, 0.15) is 29.9 Å². The van der Waals surface area contributed by atoms with Crippen molar-refractivity contribution in [3.8, 4) is 5.75 Å². The fourth-order valence-electron chi connectivity index (χ4n) is 6.03. The highest BCUT2D eigenvalue weighted by Gasteiger charge is 2.56. The van der Waals surface area contributed by atoms with Crippen LogP contribution in [0, 0.1) is 17.8 Å². The summed E-state index contributed by atoms with van der Waals surface area (Å²) in [7, 11) is 1.77. The maximum absolute atomic E-state index is 13.4. The normalized spacial score (nSPS) is 26.8. The van der Waals surface area contributed by atoms with Gasteiger partial charge in [-0.2, -0.15) is 0 Å². The van der Waals surface area contributed by atoms with Crippen LogP contribution in [-0.4, -0.2) is 93.9 Å². The lowest BCUT2D eigenvalue weighted by Gasteiger charge is -2.36. The Kier molecular flexibility index (Phi) is 7.60. The van der Waals surface area contributed by atoms with Gasteiger partial charge in [0.2, 0.25) is 5.91 Å². The van der Waals surface area contributed by atoms with Gasteiger partial charge in [-0.25, -0.2) is 4.98 Å². The Morgan fingerprint density at radius 1 is 1.13 bits per heavy atom. The zero-order valence-corrected chi connectivity index (χ0v) is 22.3. The van der Waals surface area contributed by atoms with Gasteiger partial charge in [-0.05, 0) is 49.3 Å². The summed E-state index contributed by atoms with van der Waals surface area (Å²) < 4.78 is 49.6. The smallest absolute Gasteiger partial charge is 0.406 e. The van der Waals surface area contributed by atoms with Crippen molar-refractivity contribution in [1.29, 1.82) is 0 Å². The molecule has 4 unspecified atom stereocenters. The standard InChI is InChI=1S/C27H34F3N5O4/c1-17-8-34(9-18(2)38-17)25(36)15-33-11-21-22(12-33)23(21)13-35(26(37)24-14-32(3)16-31-24)10-19-5-4-6-20(7-19)39-27(28,29)30/h4-7,14,16-18,21-23H,8-13,15H2,1-3H3. The Balaban J connectivity index is 1.21. The molecule has 0 spiro atoms. The fraction of sp³-hybridized carbons (Fsp3) is 0.593. The average molecular weight is 550 g/mol. The average Bonchev–Trinajstić information content (AvgIpc) is 3.16. The minimum atomic E-state index is -4.79. The molecule has 2 amide bonds. The Morgan fingerprint density at radius 2 is 1.82 bits per heavy atom. The van der Waals surface area contributed by atoms with Crippen molar-refractivity contribution in [2.75, 3.05) is 39.3 Å². The zero-order chi connectivity index (χ0) is 27.9. The van der Waals surface area contributed by atoms with Gasteiger partial charge in [0.15, 0.2) is 0 Å². The van der Waals surface area contributed by atoms with Crippen molar-refractivity contribution in [3.63, 3.8) is 0 Å². The first-order valence-electron chi connectivity index (χ1n) is 13.2. The number of aromatic nitrogens is 2. The second-order valence-electron chi connectivity index (χ2n) is 11.0. The zero-order valence-electron chi connectivity index (χ0n) is 22.3. The van der Waals surface area contributed by atoms with Crippen molar-refractivity contribution < 1.29 is 32.2 Å². The van der Waals surface area contributed by atoms with E-state index in [4.69, 9.17) is 4.74 Å². The maximum Gasteiger partial charge on any atom is 0.573 e. The van der Waals surface area contributed by atoms with E-state index in [0.717, 1.165) is 13.1 Å². The Bertz CT molecular complexity index is 1180. The summed E-state index contributed by atoms with van der Waals surface area (Å²) in [4.78, 5) is 36.1. The molecule has 4 atom stereocenters. The molecule has 0 bridgehead atoms. The number of amides is 2. The number of rotatable bonds is 8. The molecule has 212 valence electrons. The van der Waals surface area contributed by atoms with Gasteiger partial charge in [-0.15, -0.1) is 13.2 Å². The van der Waals surface area contributed by atoms with E-state index in [2.05, 4.69) is 14.6 Å². The van der Waals surface area contributed by atoms with E-state index in [9.17, 15) is 22.8 Å². The number of aryl methyl sites for hydroxylation is 1. The number of nitrogens with zero attached hydrogens (tertiary/aromatic N) is 5. The van der Waals surface area contributed by atoms with Crippen LogP contribution >= 0.6 is 0 Å². The van der Waals surface area contributed by atoms with Gasteiger partial charge in [0.1, 0.15) is 11.4 Å². The number of piperidine rings is 1. The van der Waals surface area contributed by atoms with Crippen molar-refractivity contribution in [2.45, 2.75) is 39.0 Å². The molecule has 3 heterocycles. The van der Waals surface area contributed by atoms with Crippen LogP contribution in [0.2, 0.25) is 0 Å². The van der Waals surface area contributed by atoms with Gasteiger partial charge in [-0.1, -0.05) is 12.1 Å². The highest BCUT2D eigenvalue weighted by atomic mass is 19.4. The number of hydrogen-bond acceptors (Lipinski definition) is 6. The van der Waals surface area contributed by atoms with Crippen LogP contribution in [0.15, 0.2) is 36.8 Å². The first-order chi connectivity index (χ1) is 18.4. The summed E-state index contributed by atoms with van der Waals surface area (Å²) in [6.45, 7) is 7.71. The Hall–Kier alpha value is -3.12. The minimum absolute atomic E-state index is 0.0254. The fourth-order valence-corrected chi connectivity index (χ4v) is 6.03. The molecule has 3 fully saturated rings. The molecule has 5 rings (SSSR count). The van der Waals surface area contributed by atoms with E-state index in [0.29, 0.717) is 43.6 Å². The van der Waals surface area contributed by atoms with E-state index < -0.39 is 6.36 Å². The largest absolute Gasteiger partial charge is 0.573 e. The van der Waals surface area contributed by atoms with Gasteiger partial charge < -0.3 is 23.8 Å². The highest BCUT2D eigenvalue weighted by Crippen LogP contribution is 2.52. The number of imidazole rings is 1. The van der Waals surface area contributed by atoms with E-state index in [1.165, 1.54) is 18.2 Å². The van der Waals surface area contributed by atoms with Crippen LogP contribution in [0.4, 0.5) is 13.2 Å². The van der Waals surface area contributed by atoms with Crippen molar-refractivity contribution in [2.24, 2.45) is 24.8 Å². The summed E-state index contributed by atoms with van der Waals surface area (Å²) in [6.07, 6.45) is -1.57. The van der Waals surface area contributed by atoms with E-state index in [-0.39, 0.29) is 47.9 Å². The van der Waals surface area contributed by atoms with Crippen molar-refractivity contribution in [1.82, 2.24) is 24.3 Å². The van der Waals surface area contributed by atoms with E-state index in [1.807, 2.05) is 18.7 Å². The number of carbonyl (C=O) groups excluding carboxylic acids is 2. The molecule has 39 heavy (non-hydrogen) atoms. The molecule has 2 aliphatic heterocycles. The molecule has 1 aromatic carbocycles. The molecule has 1 saturated carbocycles. The Labute approximate surface area is 225 Å². The number of halogens is 3. The van der Waals surface area contributed by atoms with Gasteiger partial charge in [-0.3, -0.25) is 14.5 Å². The lowest BCUT2D eigenvalue weighted by Crippen LogP contribution is -2.51. The topological polar surface area (TPSA) is 80.1 Å². The van der Waals surface area contributed by atoms with Gasteiger partial charge in [0.25, 0.3) is 5.91 Å². The number of morpholine rings is 1. The van der Waals surface area contributed by atoms with Gasteiger partial charge >= 0.3 is 6.36 Å². The quantitative estimate of drug-likeness (QED) is 0.504. The molecule has 0 radical (unpaired) electrons. The van der Waals surface area contributed by atoms with E-state index >= 15 is 0 Å². The first-order valence-corrected chi connectivity index (χ1v) is 13.2. The number of hydrogen-bond donors (Lipinski definition) is 0. The number of fused-ring (bicyclic) bond motifs is 1. The molecule has 2 saturated heterocycles. The molecule has 9 nitrogen and oxygen atoms in total. The molecular formula is C27H34F3N5O4. The molecule has 1 aliphatic carbocycles.